The third-order valence-electron chi connectivity index (χ3n) is 10.4. The van der Waals surface area contributed by atoms with Gasteiger partial charge in [0.25, 0.3) is 5.91 Å². The number of nitrogens with one attached hydrogen (secondary N) is 2. The summed E-state index contributed by atoms with van der Waals surface area (Å²) in [6, 6.07) is 7.88. The molecule has 1 aliphatic heterocycles. The van der Waals surface area contributed by atoms with E-state index in [-0.39, 0.29) is 54.3 Å². The number of rotatable bonds is 19. The van der Waals surface area contributed by atoms with Crippen molar-refractivity contribution in [3.05, 3.63) is 52.0 Å². The number of aromatic nitrogens is 1. The monoisotopic (exact) mass is 755 g/mol. The summed E-state index contributed by atoms with van der Waals surface area (Å²) in [6.07, 6.45) is 3.52. The third-order valence-corrected chi connectivity index (χ3v) is 11.4. The van der Waals surface area contributed by atoms with Gasteiger partial charge in [-0.2, -0.15) is 0 Å². The number of carbonyl (C=O) groups excluding carboxylic acids is 4. The zero-order valence-corrected chi connectivity index (χ0v) is 33.8. The molecule has 3 rings (SSSR count). The van der Waals surface area contributed by atoms with Crippen molar-refractivity contribution in [2.24, 2.45) is 17.8 Å². The van der Waals surface area contributed by atoms with E-state index < -0.39 is 48.0 Å². The second-order valence-corrected chi connectivity index (χ2v) is 16.1. The molecule has 3 amide bonds. The summed E-state index contributed by atoms with van der Waals surface area (Å²) in [6.45, 7) is 15.9. The highest BCUT2D eigenvalue weighted by atomic mass is 32.1. The smallest absolute Gasteiger partial charge is 0.306 e. The number of esters is 1. The summed E-state index contributed by atoms with van der Waals surface area (Å²) >= 11 is 1.18. The van der Waals surface area contributed by atoms with Crippen LogP contribution in [-0.4, -0.2) is 93.4 Å². The predicted molar refractivity (Wildman–Crippen MR) is 206 cm³/mol. The predicted octanol–water partition coefficient (Wildman–Crippen LogP) is 5.87. The number of likely N-dealkylation sites (tertiary alicyclic amines) is 1. The number of likely N-dealkylation sites (N-methyl/N-ethyl adjacent to an activating group) is 1. The Morgan fingerprint density at radius 1 is 1.02 bits per heavy atom. The molecule has 12 nitrogen and oxygen atoms in total. The van der Waals surface area contributed by atoms with E-state index in [1.54, 1.807) is 24.3 Å². The van der Waals surface area contributed by atoms with Crippen LogP contribution < -0.4 is 10.6 Å². The van der Waals surface area contributed by atoms with Crippen molar-refractivity contribution in [1.82, 2.24) is 25.4 Å². The fourth-order valence-electron chi connectivity index (χ4n) is 7.08. The van der Waals surface area contributed by atoms with Crippen LogP contribution in [0.3, 0.4) is 0 Å². The lowest BCUT2D eigenvalue weighted by Gasteiger charge is -2.40. The molecule has 3 N–H and O–H groups in total. The number of amides is 3. The van der Waals surface area contributed by atoms with Crippen LogP contribution in [0.15, 0.2) is 35.7 Å². The average molecular weight is 756 g/mol. The number of carboxylic acids is 1. The van der Waals surface area contributed by atoms with Gasteiger partial charge in [0.15, 0.2) is 6.10 Å². The Balaban J connectivity index is 1.82. The molecule has 0 bridgehead atoms. The van der Waals surface area contributed by atoms with Crippen LogP contribution in [0.25, 0.3) is 0 Å². The standard InChI is InChI=1S/C40H61N5O7S/c1-10-26(6)35(43-37(48)32-18-14-15-19-45(32)25(4)5)39(49)44(9)33(24(2)3)22-34(52-28(8)46)38-42-31(23-53-38)36(47)41-30(20-27(7)40(50)51)21-29-16-12-11-13-17-29/h11-13,16-17,23-27,30,32-35H,10,14-15,18-22H2,1-9H3,(H,41,47)(H,43,48)(H,50,51)/t26-,27-,30+,32+,33+,34+,35-/m0/s1. The molecule has 0 spiro atoms. The van der Waals surface area contributed by atoms with Crippen LogP contribution in [0.1, 0.15) is 121 Å². The van der Waals surface area contributed by atoms with Crippen LogP contribution in [0.5, 0.6) is 0 Å². The van der Waals surface area contributed by atoms with Gasteiger partial charge < -0.3 is 25.4 Å². The molecule has 53 heavy (non-hydrogen) atoms. The number of nitrogens with zero attached hydrogens (tertiary/aromatic N) is 3. The van der Waals surface area contributed by atoms with Gasteiger partial charge in [-0.1, -0.05) is 77.8 Å². The first kappa shape index (κ1) is 43.6. The molecule has 1 aromatic carbocycles. The quantitative estimate of drug-likeness (QED) is 0.149. The van der Waals surface area contributed by atoms with Gasteiger partial charge in [-0.15, -0.1) is 11.3 Å². The lowest BCUT2D eigenvalue weighted by Crippen LogP contribution is -2.59. The normalized spacial score (nSPS) is 18.4. The number of hydrogen-bond acceptors (Lipinski definition) is 9. The Hall–Kier alpha value is -3.84. The van der Waals surface area contributed by atoms with Crippen molar-refractivity contribution in [3.63, 3.8) is 0 Å². The van der Waals surface area contributed by atoms with Gasteiger partial charge in [0.1, 0.15) is 16.7 Å². The van der Waals surface area contributed by atoms with Gasteiger partial charge in [0.05, 0.1) is 12.0 Å². The molecule has 0 radical (unpaired) electrons. The minimum atomic E-state index is -0.944. The first-order chi connectivity index (χ1) is 25.0. The van der Waals surface area contributed by atoms with E-state index in [0.29, 0.717) is 17.8 Å². The van der Waals surface area contributed by atoms with Gasteiger partial charge in [0.2, 0.25) is 11.8 Å². The molecular formula is C40H61N5O7S. The molecule has 2 aromatic rings. The minimum Gasteiger partial charge on any atom is -0.481 e. The number of ether oxygens (including phenoxy) is 1. The molecule has 1 aromatic heterocycles. The largest absolute Gasteiger partial charge is 0.481 e. The highest BCUT2D eigenvalue weighted by Crippen LogP contribution is 2.31. The maximum Gasteiger partial charge on any atom is 0.306 e. The SMILES string of the molecule is CC[C@H](C)[C@H](NC(=O)[C@H]1CCCCN1C(C)C)C(=O)N(C)[C@H](C[C@@H](OC(C)=O)c1nc(C(=O)N[C@@H](Cc2ccccc2)C[C@H](C)C(=O)O)cs1)C(C)C. The summed E-state index contributed by atoms with van der Waals surface area (Å²) in [5, 5.41) is 17.7. The van der Waals surface area contributed by atoms with Gasteiger partial charge in [-0.05, 0) is 63.5 Å². The topological polar surface area (TPSA) is 158 Å². The van der Waals surface area contributed by atoms with E-state index in [1.807, 2.05) is 58.0 Å². The molecule has 1 saturated heterocycles. The minimum absolute atomic E-state index is 0.0530. The van der Waals surface area contributed by atoms with Crippen molar-refractivity contribution in [2.45, 2.75) is 137 Å². The Morgan fingerprint density at radius 3 is 2.28 bits per heavy atom. The first-order valence-corrected chi connectivity index (χ1v) is 19.9. The highest BCUT2D eigenvalue weighted by molar-refractivity contribution is 7.09. The van der Waals surface area contributed by atoms with E-state index in [4.69, 9.17) is 4.74 Å². The van der Waals surface area contributed by atoms with Crippen LogP contribution in [0, 0.1) is 17.8 Å². The number of benzene rings is 1. The second-order valence-electron chi connectivity index (χ2n) is 15.2. The molecule has 2 heterocycles. The number of hydrogen-bond donors (Lipinski definition) is 3. The van der Waals surface area contributed by atoms with Crippen LogP contribution >= 0.6 is 11.3 Å². The summed E-state index contributed by atoms with van der Waals surface area (Å²) in [5.41, 5.74) is 1.09. The average Bonchev–Trinajstić information content (AvgIpc) is 3.62. The first-order valence-electron chi connectivity index (χ1n) is 19.1. The van der Waals surface area contributed by atoms with Crippen LogP contribution in [-0.2, 0) is 30.3 Å². The van der Waals surface area contributed by atoms with Crippen molar-refractivity contribution >= 4 is 41.0 Å². The van der Waals surface area contributed by atoms with E-state index in [2.05, 4.69) is 34.4 Å². The zero-order chi connectivity index (χ0) is 39.4. The Morgan fingerprint density at radius 2 is 1.70 bits per heavy atom. The van der Waals surface area contributed by atoms with Crippen LogP contribution in [0.4, 0.5) is 0 Å². The Bertz CT molecular complexity index is 1520. The van der Waals surface area contributed by atoms with Crippen LogP contribution in [0.2, 0.25) is 0 Å². The molecule has 0 unspecified atom stereocenters. The van der Waals surface area contributed by atoms with E-state index in [0.717, 1.165) is 31.4 Å². The maximum atomic E-state index is 14.3. The van der Waals surface area contributed by atoms with Gasteiger partial charge in [0, 0.05) is 43.9 Å². The highest BCUT2D eigenvalue weighted by Gasteiger charge is 2.38. The van der Waals surface area contributed by atoms with Crippen molar-refractivity contribution in [1.29, 1.82) is 0 Å². The molecule has 0 aliphatic carbocycles. The fraction of sp³-hybridized carbons (Fsp3) is 0.650. The summed E-state index contributed by atoms with van der Waals surface area (Å²) in [7, 11) is 1.73. The number of carbonyl (C=O) groups is 5. The summed E-state index contributed by atoms with van der Waals surface area (Å²) in [4.78, 5) is 74.0. The van der Waals surface area contributed by atoms with Gasteiger partial charge in [-0.25, -0.2) is 4.98 Å². The molecule has 1 aliphatic rings. The number of carboxylic acid groups (broad SMARTS) is 1. The summed E-state index contributed by atoms with van der Waals surface area (Å²) in [5.74, 6) is -3.10. The number of aliphatic carboxylic acids is 1. The molecule has 1 fully saturated rings. The van der Waals surface area contributed by atoms with E-state index >= 15 is 0 Å². The molecule has 294 valence electrons. The lowest BCUT2D eigenvalue weighted by atomic mass is 9.92. The molecule has 7 atom stereocenters. The molecular weight excluding hydrogens is 695 g/mol. The van der Waals surface area contributed by atoms with Crippen molar-refractivity contribution in [3.8, 4) is 0 Å². The Kier molecular flexibility index (Phi) is 16.9. The number of piperidine rings is 1. The second kappa shape index (κ2) is 20.6. The molecule has 0 saturated carbocycles. The zero-order valence-electron chi connectivity index (χ0n) is 33.0. The lowest BCUT2D eigenvalue weighted by molar-refractivity contribution is -0.149. The number of thiazole rings is 1. The maximum absolute atomic E-state index is 14.3. The Labute approximate surface area is 319 Å². The van der Waals surface area contributed by atoms with Gasteiger partial charge in [-0.3, -0.25) is 28.9 Å². The van der Waals surface area contributed by atoms with E-state index in [1.165, 1.54) is 18.3 Å². The fourth-order valence-corrected chi connectivity index (χ4v) is 7.92. The molecule has 13 heteroatoms. The van der Waals surface area contributed by atoms with E-state index in [9.17, 15) is 29.1 Å². The van der Waals surface area contributed by atoms with Crippen molar-refractivity contribution in [2.75, 3.05) is 13.6 Å². The van der Waals surface area contributed by atoms with Crippen molar-refractivity contribution < 1.29 is 33.8 Å². The van der Waals surface area contributed by atoms with Gasteiger partial charge >= 0.3 is 11.9 Å². The third kappa shape index (κ3) is 12.6. The summed E-state index contributed by atoms with van der Waals surface area (Å²) < 4.78 is 5.79.